The highest BCUT2D eigenvalue weighted by Gasteiger charge is 2.28. The van der Waals surface area contributed by atoms with Crippen molar-refractivity contribution in [1.29, 1.82) is 0 Å². The fourth-order valence-electron chi connectivity index (χ4n) is 1.65. The lowest BCUT2D eigenvalue weighted by Crippen LogP contribution is -1.95. The van der Waals surface area contributed by atoms with Gasteiger partial charge in [-0.05, 0) is 12.0 Å². The van der Waals surface area contributed by atoms with Gasteiger partial charge in [0.25, 0.3) is 0 Å². The van der Waals surface area contributed by atoms with Crippen LogP contribution in [0.4, 0.5) is 0 Å². The van der Waals surface area contributed by atoms with Crippen LogP contribution in [-0.2, 0) is 4.74 Å². The molecule has 0 spiro atoms. The second-order valence-corrected chi connectivity index (χ2v) is 3.01. The van der Waals surface area contributed by atoms with Gasteiger partial charge in [0.05, 0.1) is 6.10 Å². The number of rotatable bonds is 1. The zero-order chi connectivity index (χ0) is 8.55. The van der Waals surface area contributed by atoms with Crippen LogP contribution in [0.1, 0.15) is 36.9 Å². The Balaban J connectivity index is 2.43. The Bertz CT molecular complexity index is 283. The Kier molecular flexibility index (Phi) is 1.87. The van der Waals surface area contributed by atoms with Gasteiger partial charge in [-0.1, -0.05) is 31.2 Å². The SMILES string of the molecule is CC[C@@H]1O[C@@H](O)c2ccccc21. The average Bonchev–Trinajstić information content (AvgIpc) is 2.44. The van der Waals surface area contributed by atoms with Crippen LogP contribution in [0, 0.1) is 0 Å². The van der Waals surface area contributed by atoms with Crippen LogP contribution < -0.4 is 0 Å². The maximum absolute atomic E-state index is 9.46. The Morgan fingerprint density at radius 3 is 2.67 bits per heavy atom. The summed E-state index contributed by atoms with van der Waals surface area (Å²) >= 11 is 0. The fraction of sp³-hybridized carbons (Fsp3) is 0.400. The molecule has 0 saturated heterocycles. The quantitative estimate of drug-likeness (QED) is 0.689. The highest BCUT2D eigenvalue weighted by atomic mass is 16.6. The minimum absolute atomic E-state index is 0.0798. The van der Waals surface area contributed by atoms with E-state index in [0.717, 1.165) is 17.5 Å². The molecule has 64 valence electrons. The molecule has 0 saturated carbocycles. The molecule has 0 amide bonds. The van der Waals surface area contributed by atoms with E-state index in [0.29, 0.717) is 0 Å². The van der Waals surface area contributed by atoms with E-state index in [9.17, 15) is 5.11 Å². The second-order valence-electron chi connectivity index (χ2n) is 3.01. The number of benzene rings is 1. The van der Waals surface area contributed by atoms with Crippen LogP contribution in [0.2, 0.25) is 0 Å². The zero-order valence-electron chi connectivity index (χ0n) is 7.03. The minimum atomic E-state index is -0.717. The van der Waals surface area contributed by atoms with Crippen LogP contribution in [0.15, 0.2) is 24.3 Å². The van der Waals surface area contributed by atoms with Crippen molar-refractivity contribution in [3.05, 3.63) is 35.4 Å². The Labute approximate surface area is 71.8 Å². The van der Waals surface area contributed by atoms with E-state index in [-0.39, 0.29) is 6.10 Å². The van der Waals surface area contributed by atoms with E-state index in [4.69, 9.17) is 4.74 Å². The molecule has 1 aliphatic heterocycles. The molecule has 0 bridgehead atoms. The third-order valence-electron chi connectivity index (χ3n) is 2.27. The average molecular weight is 164 g/mol. The van der Waals surface area contributed by atoms with Crippen molar-refractivity contribution < 1.29 is 9.84 Å². The number of fused-ring (bicyclic) bond motifs is 1. The van der Waals surface area contributed by atoms with Gasteiger partial charge in [0.15, 0.2) is 6.29 Å². The smallest absolute Gasteiger partial charge is 0.182 e. The summed E-state index contributed by atoms with van der Waals surface area (Å²) in [4.78, 5) is 0. The molecular formula is C10H12O2. The first kappa shape index (κ1) is 7.77. The molecule has 1 aromatic rings. The molecule has 12 heavy (non-hydrogen) atoms. The highest BCUT2D eigenvalue weighted by molar-refractivity contribution is 5.32. The fourth-order valence-corrected chi connectivity index (χ4v) is 1.65. The van der Waals surface area contributed by atoms with Crippen LogP contribution in [-0.4, -0.2) is 5.11 Å². The van der Waals surface area contributed by atoms with Crippen molar-refractivity contribution in [2.45, 2.75) is 25.7 Å². The summed E-state index contributed by atoms with van der Waals surface area (Å²) in [6, 6.07) is 7.82. The molecule has 1 aliphatic rings. The number of hydrogen-bond acceptors (Lipinski definition) is 2. The number of aliphatic hydroxyl groups excluding tert-OH is 1. The summed E-state index contributed by atoms with van der Waals surface area (Å²) in [6.45, 7) is 2.06. The van der Waals surface area contributed by atoms with Gasteiger partial charge in [0.2, 0.25) is 0 Å². The van der Waals surface area contributed by atoms with Crippen molar-refractivity contribution in [2.75, 3.05) is 0 Å². The molecule has 0 fully saturated rings. The van der Waals surface area contributed by atoms with E-state index >= 15 is 0 Å². The largest absolute Gasteiger partial charge is 0.364 e. The maximum Gasteiger partial charge on any atom is 0.182 e. The predicted octanol–water partition coefficient (Wildman–Crippen LogP) is 2.16. The van der Waals surface area contributed by atoms with Gasteiger partial charge >= 0.3 is 0 Å². The summed E-state index contributed by atoms with van der Waals surface area (Å²) in [5, 5.41) is 9.46. The monoisotopic (exact) mass is 164 g/mol. The lowest BCUT2D eigenvalue weighted by Gasteiger charge is -2.06. The first-order valence-electron chi connectivity index (χ1n) is 4.25. The first-order valence-corrected chi connectivity index (χ1v) is 4.25. The summed E-state index contributed by atoms with van der Waals surface area (Å²) in [7, 11) is 0. The van der Waals surface area contributed by atoms with Gasteiger partial charge in [-0.25, -0.2) is 0 Å². The van der Waals surface area contributed by atoms with E-state index in [2.05, 4.69) is 6.92 Å². The molecule has 1 N–H and O–H groups in total. The first-order chi connectivity index (χ1) is 5.83. The summed E-state index contributed by atoms with van der Waals surface area (Å²) in [6.07, 6.45) is 0.274. The standard InChI is InChI=1S/C10H12O2/c1-2-9-7-5-3-4-6-8(7)10(11)12-9/h3-6,9-11H,2H2,1H3/t9-,10+/m0/s1. The van der Waals surface area contributed by atoms with Crippen molar-refractivity contribution in [3.8, 4) is 0 Å². The van der Waals surface area contributed by atoms with Crippen molar-refractivity contribution in [1.82, 2.24) is 0 Å². The molecule has 2 nitrogen and oxygen atoms in total. The third kappa shape index (κ3) is 1.04. The molecule has 0 aliphatic carbocycles. The number of aliphatic hydroxyl groups is 1. The molecule has 1 aromatic carbocycles. The molecule has 2 heteroatoms. The van der Waals surface area contributed by atoms with E-state index < -0.39 is 6.29 Å². The molecule has 0 aromatic heterocycles. The molecule has 2 rings (SSSR count). The van der Waals surface area contributed by atoms with Gasteiger partial charge in [-0.15, -0.1) is 0 Å². The topological polar surface area (TPSA) is 29.5 Å². The molecule has 1 heterocycles. The zero-order valence-corrected chi connectivity index (χ0v) is 7.03. The molecule has 2 atom stereocenters. The lowest BCUT2D eigenvalue weighted by atomic mass is 10.0. The van der Waals surface area contributed by atoms with Crippen molar-refractivity contribution in [3.63, 3.8) is 0 Å². The van der Waals surface area contributed by atoms with Crippen LogP contribution in [0.5, 0.6) is 0 Å². The Morgan fingerprint density at radius 2 is 2.00 bits per heavy atom. The van der Waals surface area contributed by atoms with Crippen LogP contribution in [0.25, 0.3) is 0 Å². The lowest BCUT2D eigenvalue weighted by molar-refractivity contribution is -0.121. The van der Waals surface area contributed by atoms with Gasteiger partial charge < -0.3 is 9.84 Å². The third-order valence-corrected chi connectivity index (χ3v) is 2.27. The highest BCUT2D eigenvalue weighted by Crippen LogP contribution is 2.38. The van der Waals surface area contributed by atoms with Crippen molar-refractivity contribution in [2.24, 2.45) is 0 Å². The molecular weight excluding hydrogens is 152 g/mol. The number of ether oxygens (including phenoxy) is 1. The van der Waals surface area contributed by atoms with Crippen molar-refractivity contribution >= 4 is 0 Å². The normalized spacial score (nSPS) is 27.2. The Morgan fingerprint density at radius 1 is 1.33 bits per heavy atom. The summed E-state index contributed by atoms with van der Waals surface area (Å²) < 4.78 is 5.34. The summed E-state index contributed by atoms with van der Waals surface area (Å²) in [5.41, 5.74) is 2.05. The maximum atomic E-state index is 9.46. The Hall–Kier alpha value is -0.860. The summed E-state index contributed by atoms with van der Waals surface area (Å²) in [5.74, 6) is 0. The minimum Gasteiger partial charge on any atom is -0.364 e. The van der Waals surface area contributed by atoms with Gasteiger partial charge in [0.1, 0.15) is 0 Å². The van der Waals surface area contributed by atoms with Gasteiger partial charge in [-0.3, -0.25) is 0 Å². The predicted molar refractivity (Wildman–Crippen MR) is 45.5 cm³/mol. The van der Waals surface area contributed by atoms with Gasteiger partial charge in [0, 0.05) is 5.56 Å². The molecule has 0 unspecified atom stereocenters. The second kappa shape index (κ2) is 2.88. The van der Waals surface area contributed by atoms with Crippen LogP contribution >= 0.6 is 0 Å². The van der Waals surface area contributed by atoms with Crippen LogP contribution in [0.3, 0.4) is 0 Å². The van der Waals surface area contributed by atoms with E-state index in [1.165, 1.54) is 0 Å². The van der Waals surface area contributed by atoms with Gasteiger partial charge in [-0.2, -0.15) is 0 Å². The number of hydrogen-bond donors (Lipinski definition) is 1. The van der Waals surface area contributed by atoms with E-state index in [1.807, 2.05) is 24.3 Å². The molecule has 0 radical (unpaired) electrons. The van der Waals surface area contributed by atoms with E-state index in [1.54, 1.807) is 0 Å².